The van der Waals surface area contributed by atoms with Gasteiger partial charge in [0.2, 0.25) is 0 Å². The lowest BCUT2D eigenvalue weighted by Crippen LogP contribution is -2.12. The van der Waals surface area contributed by atoms with Crippen molar-refractivity contribution in [2.45, 2.75) is 18.7 Å². The molecule has 0 aromatic carbocycles. The predicted octanol–water partition coefficient (Wildman–Crippen LogP) is 3.39. The number of rotatable bonds is 2. The first-order valence-electron chi connectivity index (χ1n) is 3.38. The normalized spacial score (nSPS) is 14.5. The van der Waals surface area contributed by atoms with Crippen LogP contribution in [0.5, 0.6) is 0 Å². The molecule has 1 N–H and O–H groups in total. The number of thiophene rings is 1. The molecule has 74 valence electrons. The Morgan fingerprint density at radius 2 is 2.08 bits per heavy atom. The van der Waals surface area contributed by atoms with Crippen LogP contribution in [0.25, 0.3) is 0 Å². The quantitative estimate of drug-likeness (QED) is 0.826. The highest BCUT2D eigenvalue weighted by molar-refractivity contribution is 7.16. The Hall–Kier alpha value is -0.260. The van der Waals surface area contributed by atoms with Crippen molar-refractivity contribution in [1.29, 1.82) is 0 Å². The van der Waals surface area contributed by atoms with Gasteiger partial charge in [0.05, 0.1) is 16.9 Å². The zero-order valence-electron chi connectivity index (χ0n) is 6.31. The lowest BCUT2D eigenvalue weighted by atomic mass is 10.2. The fourth-order valence-corrected chi connectivity index (χ4v) is 1.87. The summed E-state index contributed by atoms with van der Waals surface area (Å²) in [6, 6.07) is 2.85. The summed E-state index contributed by atoms with van der Waals surface area (Å²) in [5.74, 6) is 0. The van der Waals surface area contributed by atoms with Crippen molar-refractivity contribution in [3.63, 3.8) is 0 Å². The van der Waals surface area contributed by atoms with E-state index in [0.717, 1.165) is 11.3 Å². The van der Waals surface area contributed by atoms with Crippen LogP contribution in [0.15, 0.2) is 12.1 Å². The highest BCUT2D eigenvalue weighted by atomic mass is 35.5. The van der Waals surface area contributed by atoms with E-state index in [1.165, 1.54) is 12.1 Å². The number of hydrogen-bond donors (Lipinski definition) is 1. The molecular formula is C7H6ClF3OS. The van der Waals surface area contributed by atoms with Gasteiger partial charge in [-0.2, -0.15) is 13.2 Å². The molecule has 1 nitrogen and oxygen atoms in total. The molecule has 1 heterocycles. The molecule has 1 rings (SSSR count). The summed E-state index contributed by atoms with van der Waals surface area (Å²) in [5, 5.41) is 9.10. The molecule has 0 aliphatic carbocycles. The Balaban J connectivity index is 2.64. The summed E-state index contributed by atoms with van der Waals surface area (Å²) < 4.78 is 35.8. The summed E-state index contributed by atoms with van der Waals surface area (Å²) in [5.41, 5.74) is 0. The molecule has 1 aromatic rings. The zero-order valence-corrected chi connectivity index (χ0v) is 7.88. The van der Waals surface area contributed by atoms with E-state index in [1.807, 2.05) is 0 Å². The largest absolute Gasteiger partial charge is 0.391 e. The Morgan fingerprint density at radius 1 is 1.46 bits per heavy atom. The first-order chi connectivity index (χ1) is 5.88. The topological polar surface area (TPSA) is 20.2 Å². The van der Waals surface area contributed by atoms with Crippen LogP contribution in [0.4, 0.5) is 13.2 Å². The zero-order chi connectivity index (χ0) is 10.1. The van der Waals surface area contributed by atoms with Crippen molar-refractivity contribution in [1.82, 2.24) is 0 Å². The minimum atomic E-state index is -4.35. The van der Waals surface area contributed by atoms with Crippen molar-refractivity contribution >= 4 is 22.9 Å². The number of hydrogen-bond acceptors (Lipinski definition) is 2. The van der Waals surface area contributed by atoms with Crippen molar-refractivity contribution < 1.29 is 18.3 Å². The second-order valence-corrected chi connectivity index (χ2v) is 4.22. The fourth-order valence-electron chi connectivity index (χ4n) is 0.827. The van der Waals surface area contributed by atoms with Crippen LogP contribution in [0.3, 0.4) is 0 Å². The van der Waals surface area contributed by atoms with E-state index >= 15 is 0 Å². The molecule has 0 spiro atoms. The number of halogens is 4. The van der Waals surface area contributed by atoms with Gasteiger partial charge in [-0.25, -0.2) is 0 Å². The molecule has 0 bridgehead atoms. The fraction of sp³-hybridized carbons (Fsp3) is 0.429. The van der Waals surface area contributed by atoms with Gasteiger partial charge < -0.3 is 5.11 Å². The molecule has 6 heteroatoms. The van der Waals surface area contributed by atoms with Gasteiger partial charge in [-0.15, -0.1) is 11.3 Å². The van der Waals surface area contributed by atoms with Crippen molar-refractivity contribution in [2.24, 2.45) is 0 Å². The van der Waals surface area contributed by atoms with Gasteiger partial charge in [-0.3, -0.25) is 0 Å². The van der Waals surface area contributed by atoms with Crippen LogP contribution in [-0.2, 0) is 0 Å². The first kappa shape index (κ1) is 10.8. The minimum absolute atomic E-state index is 0.238. The highest BCUT2D eigenvalue weighted by Crippen LogP contribution is 2.33. The number of alkyl halides is 3. The molecule has 0 aliphatic rings. The van der Waals surface area contributed by atoms with Gasteiger partial charge >= 0.3 is 6.18 Å². The van der Waals surface area contributed by atoms with Crippen LogP contribution in [0.1, 0.15) is 17.4 Å². The lowest BCUT2D eigenvalue weighted by molar-refractivity contribution is -0.153. The van der Waals surface area contributed by atoms with Gasteiger partial charge in [0.1, 0.15) is 0 Å². The standard InChI is InChI=1S/C7H6ClF3OS/c8-6-2-1-5(13-6)4(12)3-7(9,10)11/h1-2,4,12H,3H2. The molecule has 0 aliphatic heterocycles. The Morgan fingerprint density at radius 3 is 2.46 bits per heavy atom. The molecule has 0 saturated carbocycles. The molecule has 0 radical (unpaired) electrons. The molecule has 0 amide bonds. The van der Waals surface area contributed by atoms with Gasteiger partial charge in [0.15, 0.2) is 0 Å². The van der Waals surface area contributed by atoms with Gasteiger partial charge in [0, 0.05) is 4.88 Å². The molecule has 1 aromatic heterocycles. The van der Waals surface area contributed by atoms with E-state index < -0.39 is 18.7 Å². The summed E-state index contributed by atoms with van der Waals surface area (Å²) in [7, 11) is 0. The summed E-state index contributed by atoms with van der Waals surface area (Å²) in [4.78, 5) is 0.238. The molecule has 13 heavy (non-hydrogen) atoms. The van der Waals surface area contributed by atoms with E-state index in [-0.39, 0.29) is 4.88 Å². The number of aliphatic hydroxyl groups is 1. The third-order valence-corrected chi connectivity index (χ3v) is 2.68. The SMILES string of the molecule is OC(CC(F)(F)F)c1ccc(Cl)s1. The van der Waals surface area contributed by atoms with E-state index in [0.29, 0.717) is 4.34 Å². The van der Waals surface area contributed by atoms with Gasteiger partial charge in [0.25, 0.3) is 0 Å². The average molecular weight is 231 g/mol. The van der Waals surface area contributed by atoms with E-state index in [1.54, 1.807) is 0 Å². The maximum atomic E-state index is 11.8. The van der Waals surface area contributed by atoms with Crippen molar-refractivity contribution in [2.75, 3.05) is 0 Å². The third kappa shape index (κ3) is 3.54. The maximum Gasteiger partial charge on any atom is 0.391 e. The summed E-state index contributed by atoms with van der Waals surface area (Å²) in [6.07, 6.45) is -7.09. The van der Waals surface area contributed by atoms with Crippen LogP contribution < -0.4 is 0 Å². The maximum absolute atomic E-state index is 11.8. The van der Waals surface area contributed by atoms with E-state index in [2.05, 4.69) is 0 Å². The second-order valence-electron chi connectivity index (χ2n) is 2.48. The van der Waals surface area contributed by atoms with Crippen LogP contribution in [-0.4, -0.2) is 11.3 Å². The first-order valence-corrected chi connectivity index (χ1v) is 4.58. The Labute approximate surface area is 81.8 Å². The average Bonchev–Trinajstić information content (AvgIpc) is 2.31. The lowest BCUT2D eigenvalue weighted by Gasteiger charge is -2.10. The van der Waals surface area contributed by atoms with Gasteiger partial charge in [-0.1, -0.05) is 11.6 Å². The predicted molar refractivity (Wildman–Crippen MR) is 45.0 cm³/mol. The monoisotopic (exact) mass is 230 g/mol. The summed E-state index contributed by atoms with van der Waals surface area (Å²) >= 11 is 6.45. The van der Waals surface area contributed by atoms with Crippen LogP contribution in [0, 0.1) is 0 Å². The van der Waals surface area contributed by atoms with E-state index in [9.17, 15) is 13.2 Å². The summed E-state index contributed by atoms with van der Waals surface area (Å²) in [6.45, 7) is 0. The van der Waals surface area contributed by atoms with Crippen LogP contribution >= 0.6 is 22.9 Å². The second kappa shape index (κ2) is 3.86. The molecular weight excluding hydrogens is 225 g/mol. The minimum Gasteiger partial charge on any atom is -0.387 e. The van der Waals surface area contributed by atoms with Crippen molar-refractivity contribution in [3.8, 4) is 0 Å². The highest BCUT2D eigenvalue weighted by Gasteiger charge is 2.32. The Kier molecular flexibility index (Phi) is 3.21. The smallest absolute Gasteiger partial charge is 0.387 e. The molecule has 0 saturated heterocycles. The number of aliphatic hydroxyl groups excluding tert-OH is 1. The van der Waals surface area contributed by atoms with E-state index in [4.69, 9.17) is 16.7 Å². The molecule has 1 atom stereocenters. The molecule has 0 fully saturated rings. The third-order valence-electron chi connectivity index (χ3n) is 1.35. The van der Waals surface area contributed by atoms with Crippen molar-refractivity contribution in [3.05, 3.63) is 21.3 Å². The molecule has 1 unspecified atom stereocenters. The Bertz CT molecular complexity index is 284. The van der Waals surface area contributed by atoms with Gasteiger partial charge in [-0.05, 0) is 12.1 Å². The van der Waals surface area contributed by atoms with Crippen LogP contribution in [0.2, 0.25) is 4.34 Å².